The Hall–Kier alpha value is -3.85. The first-order valence-electron chi connectivity index (χ1n) is 9.81. The van der Waals surface area contributed by atoms with Gasteiger partial charge >= 0.3 is 0 Å². The van der Waals surface area contributed by atoms with Crippen molar-refractivity contribution in [3.8, 4) is 33.7 Å². The summed E-state index contributed by atoms with van der Waals surface area (Å²) < 4.78 is 21.7. The molecule has 1 N–H and O–H groups in total. The molecule has 0 atom stereocenters. The third-order valence-electron chi connectivity index (χ3n) is 4.51. The Kier molecular flexibility index (Phi) is 6.66. The third kappa shape index (κ3) is 5.25. The fourth-order valence-corrected chi connectivity index (χ4v) is 3.56. The van der Waals surface area contributed by atoms with E-state index in [-0.39, 0.29) is 12.3 Å². The summed E-state index contributed by atoms with van der Waals surface area (Å²) >= 11 is 1.53. The fourth-order valence-electron chi connectivity index (χ4n) is 2.91. The number of benzene rings is 2. The number of hydrogen-bond acceptors (Lipinski definition) is 8. The summed E-state index contributed by atoms with van der Waals surface area (Å²) in [5, 5.41) is 8.76. The molecule has 164 valence electrons. The lowest BCUT2D eigenvalue weighted by atomic mass is 10.2. The summed E-state index contributed by atoms with van der Waals surface area (Å²) in [5.41, 5.74) is 0.587. The molecular formula is C23H21N3O5S. The maximum absolute atomic E-state index is 12.4. The molecule has 2 aromatic heterocycles. The molecule has 2 heterocycles. The highest BCUT2D eigenvalue weighted by atomic mass is 32.1. The van der Waals surface area contributed by atoms with Gasteiger partial charge < -0.3 is 24.1 Å². The van der Waals surface area contributed by atoms with Crippen LogP contribution in [0.3, 0.4) is 0 Å². The van der Waals surface area contributed by atoms with Crippen LogP contribution in [0.2, 0.25) is 0 Å². The molecule has 0 saturated carbocycles. The van der Waals surface area contributed by atoms with Crippen LogP contribution < -0.4 is 19.5 Å². The Balaban J connectivity index is 1.37. The Morgan fingerprint density at radius 2 is 1.84 bits per heavy atom. The molecule has 0 spiro atoms. The number of anilines is 1. The van der Waals surface area contributed by atoms with E-state index in [0.717, 1.165) is 10.6 Å². The summed E-state index contributed by atoms with van der Waals surface area (Å²) in [7, 11) is 3.16. The van der Waals surface area contributed by atoms with Crippen molar-refractivity contribution in [3.05, 3.63) is 65.9 Å². The highest BCUT2D eigenvalue weighted by Gasteiger charge is 2.13. The highest BCUT2D eigenvalue weighted by Crippen LogP contribution is 2.34. The number of thiophene rings is 1. The van der Waals surface area contributed by atoms with E-state index >= 15 is 0 Å². The van der Waals surface area contributed by atoms with Crippen LogP contribution in [0, 0.1) is 0 Å². The summed E-state index contributed by atoms with van der Waals surface area (Å²) in [4.78, 5) is 17.7. The van der Waals surface area contributed by atoms with Crippen LogP contribution in [0.25, 0.3) is 10.7 Å². The second-order valence-corrected chi connectivity index (χ2v) is 7.63. The Morgan fingerprint density at radius 1 is 1.03 bits per heavy atom. The van der Waals surface area contributed by atoms with Crippen molar-refractivity contribution in [2.45, 2.75) is 12.8 Å². The van der Waals surface area contributed by atoms with Crippen LogP contribution in [0.1, 0.15) is 12.3 Å². The van der Waals surface area contributed by atoms with Gasteiger partial charge in [0.15, 0.2) is 11.5 Å². The summed E-state index contributed by atoms with van der Waals surface area (Å²) in [6.07, 6.45) is 0.544. The number of carbonyl (C=O) groups excluding carboxylic acids is 1. The second kappa shape index (κ2) is 9.97. The van der Waals surface area contributed by atoms with Gasteiger partial charge in [0.25, 0.3) is 0 Å². The number of amides is 1. The van der Waals surface area contributed by atoms with E-state index in [1.807, 2.05) is 17.5 Å². The van der Waals surface area contributed by atoms with Crippen molar-refractivity contribution in [2.24, 2.45) is 0 Å². The van der Waals surface area contributed by atoms with E-state index in [4.69, 9.17) is 18.7 Å². The molecule has 0 bridgehead atoms. The molecule has 0 radical (unpaired) electrons. The van der Waals surface area contributed by atoms with Crippen LogP contribution in [0.4, 0.5) is 5.69 Å². The normalized spacial score (nSPS) is 10.6. The molecule has 32 heavy (non-hydrogen) atoms. The average molecular weight is 452 g/mol. The summed E-state index contributed by atoms with van der Waals surface area (Å²) in [6, 6.07) is 16.2. The number of rotatable bonds is 9. The van der Waals surface area contributed by atoms with Gasteiger partial charge in [0.05, 0.1) is 19.1 Å². The van der Waals surface area contributed by atoms with Crippen LogP contribution in [-0.4, -0.2) is 30.3 Å². The number of nitrogens with one attached hydrogen (secondary N) is 1. The molecule has 0 aliphatic carbocycles. The first-order chi connectivity index (χ1) is 15.6. The quantitative estimate of drug-likeness (QED) is 0.375. The van der Waals surface area contributed by atoms with Crippen molar-refractivity contribution in [1.82, 2.24) is 10.1 Å². The van der Waals surface area contributed by atoms with Crippen molar-refractivity contribution >= 4 is 22.9 Å². The first kappa shape index (κ1) is 21.4. The molecule has 0 unspecified atom stereocenters. The van der Waals surface area contributed by atoms with Gasteiger partial charge in [-0.1, -0.05) is 11.2 Å². The van der Waals surface area contributed by atoms with E-state index in [9.17, 15) is 4.79 Å². The monoisotopic (exact) mass is 451 g/mol. The maximum Gasteiger partial charge on any atom is 0.227 e. The predicted molar refractivity (Wildman–Crippen MR) is 121 cm³/mol. The van der Waals surface area contributed by atoms with Crippen LogP contribution in [0.5, 0.6) is 23.0 Å². The van der Waals surface area contributed by atoms with E-state index in [1.54, 1.807) is 56.7 Å². The van der Waals surface area contributed by atoms with Crippen molar-refractivity contribution in [2.75, 3.05) is 19.5 Å². The fraction of sp³-hybridized carbons (Fsp3) is 0.174. The van der Waals surface area contributed by atoms with Crippen LogP contribution >= 0.6 is 11.3 Å². The van der Waals surface area contributed by atoms with Gasteiger partial charge in [0.1, 0.15) is 11.5 Å². The minimum Gasteiger partial charge on any atom is -0.497 e. The van der Waals surface area contributed by atoms with Gasteiger partial charge in [-0.2, -0.15) is 4.98 Å². The Bertz CT molecular complexity index is 1170. The minimum absolute atomic E-state index is 0.179. The van der Waals surface area contributed by atoms with Crippen LogP contribution in [0.15, 0.2) is 64.5 Å². The number of carbonyl (C=O) groups is 1. The molecule has 8 nitrogen and oxygen atoms in total. The molecule has 0 aliphatic rings. The number of hydrogen-bond donors (Lipinski definition) is 1. The molecule has 0 fully saturated rings. The van der Waals surface area contributed by atoms with Crippen molar-refractivity contribution < 1.29 is 23.5 Å². The van der Waals surface area contributed by atoms with Gasteiger partial charge in [0.2, 0.25) is 17.6 Å². The predicted octanol–water partition coefficient (Wildman–Crippen LogP) is 5.18. The summed E-state index contributed by atoms with van der Waals surface area (Å²) in [6.45, 7) is 0. The van der Waals surface area contributed by atoms with E-state index in [2.05, 4.69) is 15.5 Å². The zero-order valence-electron chi connectivity index (χ0n) is 17.5. The van der Waals surface area contributed by atoms with Crippen molar-refractivity contribution in [3.63, 3.8) is 0 Å². The number of nitrogens with zero attached hydrogens (tertiary/aromatic N) is 2. The van der Waals surface area contributed by atoms with E-state index < -0.39 is 0 Å². The highest BCUT2D eigenvalue weighted by molar-refractivity contribution is 7.13. The van der Waals surface area contributed by atoms with E-state index in [1.165, 1.54) is 11.3 Å². The molecule has 0 aliphatic heterocycles. The third-order valence-corrected chi connectivity index (χ3v) is 5.38. The Morgan fingerprint density at radius 3 is 2.56 bits per heavy atom. The van der Waals surface area contributed by atoms with E-state index in [0.29, 0.717) is 41.1 Å². The van der Waals surface area contributed by atoms with Gasteiger partial charge in [0, 0.05) is 24.6 Å². The first-order valence-corrected chi connectivity index (χ1v) is 10.7. The molecule has 1 amide bonds. The van der Waals surface area contributed by atoms with Gasteiger partial charge in [-0.15, -0.1) is 11.3 Å². The van der Waals surface area contributed by atoms with Gasteiger partial charge in [-0.3, -0.25) is 4.79 Å². The number of methoxy groups -OCH3 is 2. The summed E-state index contributed by atoms with van der Waals surface area (Å²) in [5.74, 6) is 3.15. The number of aromatic nitrogens is 2. The molecule has 9 heteroatoms. The zero-order valence-corrected chi connectivity index (χ0v) is 18.3. The smallest absolute Gasteiger partial charge is 0.227 e. The lowest BCUT2D eigenvalue weighted by Gasteiger charge is -2.13. The lowest BCUT2D eigenvalue weighted by molar-refractivity contribution is -0.116. The average Bonchev–Trinajstić information content (AvgIpc) is 3.51. The largest absolute Gasteiger partial charge is 0.497 e. The maximum atomic E-state index is 12.4. The molecule has 4 aromatic rings. The van der Waals surface area contributed by atoms with Crippen LogP contribution in [-0.2, 0) is 11.2 Å². The molecular weight excluding hydrogens is 430 g/mol. The van der Waals surface area contributed by atoms with Gasteiger partial charge in [-0.25, -0.2) is 0 Å². The topological polar surface area (TPSA) is 95.7 Å². The number of ether oxygens (including phenoxy) is 3. The molecule has 0 saturated heterocycles. The zero-order chi connectivity index (χ0) is 22.3. The number of aryl methyl sites for hydroxylation is 1. The van der Waals surface area contributed by atoms with Gasteiger partial charge in [-0.05, 0) is 47.8 Å². The Labute approximate surface area is 188 Å². The molecule has 2 aromatic carbocycles. The SMILES string of the molecule is COc1ccc(Oc2cc(NC(=O)CCc3nc(-c4cccs4)no3)ccc2OC)cc1. The second-order valence-electron chi connectivity index (χ2n) is 6.68. The molecule has 4 rings (SSSR count). The standard InChI is InChI=1S/C23H21N3O5S/c1-28-16-6-8-17(9-7-16)30-19-14-15(5-10-18(19)29-2)24-21(27)11-12-22-25-23(26-31-22)20-4-3-13-32-20/h3-10,13-14H,11-12H2,1-2H3,(H,24,27). The lowest BCUT2D eigenvalue weighted by Crippen LogP contribution is -2.12. The minimum atomic E-state index is -0.179. The van der Waals surface area contributed by atoms with Crippen molar-refractivity contribution in [1.29, 1.82) is 0 Å².